The average molecular weight is 744 g/mol. The Balaban J connectivity index is 1.03. The van der Waals surface area contributed by atoms with E-state index in [9.17, 15) is 36.3 Å². The quantitative estimate of drug-likeness (QED) is 0.170. The third-order valence-corrected chi connectivity index (χ3v) is 12.4. The minimum absolute atomic E-state index is 0.00873. The Bertz CT molecular complexity index is 2080. The van der Waals surface area contributed by atoms with Crippen LogP contribution in [0.4, 0.5) is 28.4 Å². The lowest BCUT2D eigenvalue weighted by Crippen LogP contribution is -2.45. The van der Waals surface area contributed by atoms with Crippen molar-refractivity contribution >= 4 is 39.2 Å². The van der Waals surface area contributed by atoms with Gasteiger partial charge in [-0.25, -0.2) is 18.0 Å². The molecule has 2 heterocycles. The van der Waals surface area contributed by atoms with E-state index < -0.39 is 55.8 Å². The molecule has 1 aliphatic heterocycles. The van der Waals surface area contributed by atoms with Crippen molar-refractivity contribution in [3.05, 3.63) is 100.0 Å². The first-order chi connectivity index (χ1) is 24.3. The maximum absolute atomic E-state index is 14.0. The minimum atomic E-state index is -4.69. The molecule has 15 heteroatoms. The molecule has 1 unspecified atom stereocenters. The number of carbonyl (C=O) groups excluding carboxylic acids is 2. The number of anilines is 1. The summed E-state index contributed by atoms with van der Waals surface area (Å²) >= 11 is 6.32. The van der Waals surface area contributed by atoms with Crippen molar-refractivity contribution in [3.63, 3.8) is 0 Å². The number of aromatic hydroxyl groups is 1. The second-order valence-corrected chi connectivity index (χ2v) is 15.4. The number of sulfone groups is 1. The lowest BCUT2D eigenvalue weighted by Gasteiger charge is -2.32. The predicted octanol–water partition coefficient (Wildman–Crippen LogP) is 8.04. The number of halogens is 4. The molecule has 4 aromatic rings. The first-order valence-corrected chi connectivity index (χ1v) is 18.4. The van der Waals surface area contributed by atoms with Gasteiger partial charge in [-0.2, -0.15) is 13.2 Å². The molecule has 0 spiro atoms. The summed E-state index contributed by atoms with van der Waals surface area (Å²) in [6.07, 6.45) is -3.67. The van der Waals surface area contributed by atoms with E-state index in [-0.39, 0.29) is 48.5 Å². The molecule has 1 saturated heterocycles. The van der Waals surface area contributed by atoms with Crippen LogP contribution in [-0.2, 0) is 27.2 Å². The van der Waals surface area contributed by atoms with Gasteiger partial charge in [-0.05, 0) is 78.1 Å². The number of likely N-dealkylation sites (tertiary alicyclic amines) is 1. The lowest BCUT2D eigenvalue weighted by atomic mass is 9.94. The number of nitrogens with zero attached hydrogens (tertiary/aromatic N) is 1. The van der Waals surface area contributed by atoms with Crippen molar-refractivity contribution in [2.45, 2.75) is 60.4 Å². The van der Waals surface area contributed by atoms with Gasteiger partial charge in [0.15, 0.2) is 15.6 Å². The number of hydrogen-bond donors (Lipinski definition) is 3. The van der Waals surface area contributed by atoms with Gasteiger partial charge in [-0.15, -0.1) is 0 Å². The van der Waals surface area contributed by atoms with Gasteiger partial charge in [0.1, 0.15) is 17.3 Å². The molecule has 268 valence electrons. The number of carbonyl (C=O) groups is 2. The van der Waals surface area contributed by atoms with Crippen LogP contribution in [0, 0.1) is 0 Å². The molecule has 3 aromatic carbocycles. The number of piperidine rings is 1. The lowest BCUT2D eigenvalue weighted by molar-refractivity contribution is -0.153. The van der Waals surface area contributed by atoms with Crippen molar-refractivity contribution in [1.82, 2.24) is 10.2 Å². The molecule has 0 bridgehead atoms. The molecule has 3 aliphatic rings. The van der Waals surface area contributed by atoms with Crippen molar-refractivity contribution in [1.29, 1.82) is 0 Å². The Morgan fingerprint density at radius 3 is 2.37 bits per heavy atom. The van der Waals surface area contributed by atoms with Crippen molar-refractivity contribution < 1.29 is 45.4 Å². The fourth-order valence-electron chi connectivity index (χ4n) is 7.28. The van der Waals surface area contributed by atoms with Crippen molar-refractivity contribution in [2.24, 2.45) is 0 Å². The van der Waals surface area contributed by atoms with Gasteiger partial charge in [0.25, 0.3) is 0 Å². The van der Waals surface area contributed by atoms with Gasteiger partial charge in [0.05, 0.1) is 22.0 Å². The van der Waals surface area contributed by atoms with Crippen LogP contribution in [0.15, 0.2) is 76.0 Å². The first kappa shape index (κ1) is 34.7. The zero-order chi connectivity index (χ0) is 36.1. The Morgan fingerprint density at radius 2 is 1.69 bits per heavy atom. The summed E-state index contributed by atoms with van der Waals surface area (Å²) in [5.74, 6) is -2.15. The van der Waals surface area contributed by atoms with Crippen LogP contribution in [0.25, 0.3) is 11.1 Å². The number of furan rings is 1. The van der Waals surface area contributed by atoms with E-state index in [0.29, 0.717) is 31.2 Å². The number of fused-ring (bicyclic) bond motifs is 4. The maximum Gasteiger partial charge on any atom is 0.449 e. The minimum Gasteiger partial charge on any atom is -0.504 e. The largest absolute Gasteiger partial charge is 0.504 e. The SMILES string of the molecule is O=C(Nc1ccc(Cl)c(S(=O)(=O)[C@H]2CCCN(C(=O)OCC3c4ccccc4-c4ccccc43)C2)c1O)NC1CCCc2cc(C(F)(F)F)oc21. The molecule has 3 amide bonds. The Hall–Kier alpha value is -4.69. The molecule has 0 saturated carbocycles. The smallest absolute Gasteiger partial charge is 0.449 e. The van der Waals surface area contributed by atoms with E-state index in [4.69, 9.17) is 20.8 Å². The molecule has 1 aromatic heterocycles. The van der Waals surface area contributed by atoms with Crippen LogP contribution in [0.1, 0.15) is 65.9 Å². The van der Waals surface area contributed by atoms with Crippen LogP contribution >= 0.6 is 11.6 Å². The second kappa shape index (κ2) is 13.5. The summed E-state index contributed by atoms with van der Waals surface area (Å²) < 4.78 is 78.4. The highest BCUT2D eigenvalue weighted by Crippen LogP contribution is 2.45. The van der Waals surface area contributed by atoms with Gasteiger partial charge < -0.3 is 29.8 Å². The number of benzene rings is 3. The van der Waals surface area contributed by atoms with Gasteiger partial charge >= 0.3 is 18.3 Å². The summed E-state index contributed by atoms with van der Waals surface area (Å²) in [6.45, 7) is 0.127. The summed E-state index contributed by atoms with van der Waals surface area (Å²) in [6, 6.07) is 17.4. The number of nitrogens with one attached hydrogen (secondary N) is 2. The number of hydrogen-bond acceptors (Lipinski definition) is 7. The van der Waals surface area contributed by atoms with Crippen molar-refractivity contribution in [3.8, 4) is 16.9 Å². The van der Waals surface area contributed by atoms with Crippen LogP contribution in [0.5, 0.6) is 5.75 Å². The fourth-order valence-corrected chi connectivity index (χ4v) is 9.66. The Kier molecular flexibility index (Phi) is 9.17. The molecule has 1 fully saturated rings. The van der Waals surface area contributed by atoms with Gasteiger partial charge in [0, 0.05) is 19.0 Å². The fraction of sp³-hybridized carbons (Fsp3) is 0.333. The summed E-state index contributed by atoms with van der Waals surface area (Å²) in [5.41, 5.74) is 4.27. The van der Waals surface area contributed by atoms with Gasteiger partial charge in [-0.3, -0.25) is 0 Å². The molecular formula is C36H33ClF3N3O7S. The normalized spacial score (nSPS) is 18.8. The zero-order valence-corrected chi connectivity index (χ0v) is 28.6. The highest BCUT2D eigenvalue weighted by Gasteiger charge is 2.40. The number of ether oxygens (including phenoxy) is 1. The third kappa shape index (κ3) is 6.62. The van der Waals surface area contributed by atoms with E-state index in [1.807, 2.05) is 48.5 Å². The van der Waals surface area contributed by atoms with Crippen LogP contribution in [0.2, 0.25) is 5.02 Å². The highest BCUT2D eigenvalue weighted by molar-refractivity contribution is 7.92. The van der Waals surface area contributed by atoms with Crippen LogP contribution < -0.4 is 10.6 Å². The van der Waals surface area contributed by atoms with E-state index in [0.717, 1.165) is 28.3 Å². The number of amides is 3. The molecular weight excluding hydrogens is 711 g/mol. The average Bonchev–Trinajstić information content (AvgIpc) is 3.69. The second-order valence-electron chi connectivity index (χ2n) is 12.9. The summed E-state index contributed by atoms with van der Waals surface area (Å²) in [4.78, 5) is 27.0. The molecule has 3 N–H and O–H groups in total. The van der Waals surface area contributed by atoms with Crippen LogP contribution in [-0.4, -0.2) is 55.5 Å². The van der Waals surface area contributed by atoms with Gasteiger partial charge in [-0.1, -0.05) is 60.1 Å². The highest BCUT2D eigenvalue weighted by atomic mass is 35.5. The number of urea groups is 1. The monoisotopic (exact) mass is 743 g/mol. The van der Waals surface area contributed by atoms with E-state index >= 15 is 0 Å². The molecule has 2 atom stereocenters. The van der Waals surface area contributed by atoms with Crippen molar-refractivity contribution in [2.75, 3.05) is 25.0 Å². The number of phenols is 1. The number of phenolic OH excluding ortho intramolecular Hbond substituents is 1. The van der Waals surface area contributed by atoms with Gasteiger partial charge in [0.2, 0.25) is 5.76 Å². The Labute approximate surface area is 296 Å². The predicted molar refractivity (Wildman–Crippen MR) is 182 cm³/mol. The number of alkyl halides is 3. The van der Waals surface area contributed by atoms with E-state index in [1.165, 1.54) is 17.0 Å². The maximum atomic E-state index is 14.0. The summed E-state index contributed by atoms with van der Waals surface area (Å²) in [5, 5.41) is 14.6. The molecule has 2 aliphatic carbocycles. The van der Waals surface area contributed by atoms with E-state index in [1.54, 1.807) is 0 Å². The summed E-state index contributed by atoms with van der Waals surface area (Å²) in [7, 11) is -4.36. The number of aryl methyl sites for hydroxylation is 1. The molecule has 51 heavy (non-hydrogen) atoms. The van der Waals surface area contributed by atoms with E-state index in [2.05, 4.69) is 10.6 Å². The zero-order valence-electron chi connectivity index (χ0n) is 27.0. The first-order valence-electron chi connectivity index (χ1n) is 16.5. The topological polar surface area (TPSA) is 138 Å². The standard InChI is InChI=1S/C36H33ClF3N3O7S/c37-27-14-15-28(41-34(45)42-29-13-5-7-20-17-30(36(38,39)40)50-32(20)29)31(44)33(27)51(47,48)21-8-6-16-43(18-21)35(46)49-19-26-24-11-3-1-9-22(24)23-10-2-4-12-25(23)26/h1-4,9-12,14-15,17,21,26,29,44H,5-8,13,16,18-19H2,(H2,41,42,45)/t21-,29?/m0/s1. The molecule has 0 radical (unpaired) electrons. The molecule has 10 nitrogen and oxygen atoms in total. The number of rotatable bonds is 6. The van der Waals surface area contributed by atoms with Crippen LogP contribution in [0.3, 0.4) is 0 Å². The molecule has 7 rings (SSSR count). The Morgan fingerprint density at radius 1 is 1.00 bits per heavy atom. The third-order valence-electron chi connectivity index (χ3n) is 9.71.